The van der Waals surface area contributed by atoms with Crippen LogP contribution in [0.4, 0.5) is 5.82 Å². The van der Waals surface area contributed by atoms with Gasteiger partial charge in [0.25, 0.3) is 0 Å². The number of esters is 1. The Balaban J connectivity index is 1.74. The Morgan fingerprint density at radius 3 is 3.09 bits per heavy atom. The molecule has 0 bridgehead atoms. The number of hydrogen-bond acceptors (Lipinski definition) is 5. The lowest BCUT2D eigenvalue weighted by Crippen LogP contribution is -2.07. The molecule has 0 spiro atoms. The topological polar surface area (TPSA) is 98.8 Å². The van der Waals surface area contributed by atoms with Crippen molar-refractivity contribution in [2.45, 2.75) is 26.3 Å². The quantitative estimate of drug-likeness (QED) is 0.537. The first-order chi connectivity index (χ1) is 11.2. The van der Waals surface area contributed by atoms with Crippen LogP contribution in [0.5, 0.6) is 0 Å². The molecule has 0 radical (unpaired) electrons. The van der Waals surface area contributed by atoms with Gasteiger partial charge in [-0.25, -0.2) is 4.98 Å². The largest absolute Gasteiger partial charge is 0.466 e. The Labute approximate surface area is 133 Å². The van der Waals surface area contributed by atoms with Crippen molar-refractivity contribution in [3.05, 3.63) is 30.7 Å². The van der Waals surface area contributed by atoms with E-state index in [0.717, 1.165) is 22.2 Å². The minimum absolute atomic E-state index is 0.183. The number of fused-ring (bicyclic) bond motifs is 1. The molecular formula is C16H19N5O2. The number of nitrogens with two attached hydrogens (primary N) is 1. The van der Waals surface area contributed by atoms with Gasteiger partial charge in [0.1, 0.15) is 5.65 Å². The Morgan fingerprint density at radius 1 is 1.39 bits per heavy atom. The Bertz CT molecular complexity index is 821. The summed E-state index contributed by atoms with van der Waals surface area (Å²) >= 11 is 0. The van der Waals surface area contributed by atoms with Gasteiger partial charge in [0.05, 0.1) is 6.61 Å². The molecule has 0 aliphatic rings. The molecule has 3 aromatic heterocycles. The van der Waals surface area contributed by atoms with E-state index in [0.29, 0.717) is 31.8 Å². The molecule has 3 N–H and O–H groups in total. The highest BCUT2D eigenvalue weighted by molar-refractivity contribution is 5.95. The number of aryl methyl sites for hydroxylation is 1. The van der Waals surface area contributed by atoms with Gasteiger partial charge in [-0.2, -0.15) is 5.10 Å². The summed E-state index contributed by atoms with van der Waals surface area (Å²) in [7, 11) is 0. The molecule has 0 atom stereocenters. The fourth-order valence-electron chi connectivity index (χ4n) is 2.47. The third kappa shape index (κ3) is 3.18. The van der Waals surface area contributed by atoms with Crippen LogP contribution in [-0.2, 0) is 16.1 Å². The van der Waals surface area contributed by atoms with Crippen molar-refractivity contribution >= 4 is 22.8 Å². The number of nitrogen functional groups attached to an aromatic ring is 1. The Hall–Kier alpha value is -2.83. The number of ether oxygens (including phenoxy) is 1. The van der Waals surface area contributed by atoms with E-state index < -0.39 is 0 Å². The number of aromatic amines is 1. The molecule has 0 unspecified atom stereocenters. The second-order valence-corrected chi connectivity index (χ2v) is 5.22. The number of H-pyrrole nitrogens is 1. The number of nitrogens with one attached hydrogen (secondary N) is 1. The van der Waals surface area contributed by atoms with Crippen LogP contribution in [0.2, 0.25) is 0 Å². The molecule has 120 valence electrons. The number of rotatable bonds is 6. The first kappa shape index (κ1) is 15.1. The van der Waals surface area contributed by atoms with E-state index in [2.05, 4.69) is 15.1 Å². The van der Waals surface area contributed by atoms with Crippen LogP contribution in [0.25, 0.3) is 22.2 Å². The predicted octanol–water partition coefficient (Wildman–Crippen LogP) is 2.35. The minimum Gasteiger partial charge on any atom is -0.466 e. The first-order valence-electron chi connectivity index (χ1n) is 7.60. The van der Waals surface area contributed by atoms with E-state index in [9.17, 15) is 4.79 Å². The molecule has 3 rings (SSSR count). The van der Waals surface area contributed by atoms with E-state index in [-0.39, 0.29) is 5.97 Å². The molecule has 0 aromatic carbocycles. The molecule has 7 nitrogen and oxygen atoms in total. The SMILES string of the molecule is CCC(=O)OCCCn1cc(-c2ccnc3[nH]ccc23)c(N)n1. The summed E-state index contributed by atoms with van der Waals surface area (Å²) in [6.07, 6.45) is 6.60. The van der Waals surface area contributed by atoms with Crippen molar-refractivity contribution < 1.29 is 9.53 Å². The maximum atomic E-state index is 11.1. The van der Waals surface area contributed by atoms with E-state index in [1.165, 1.54) is 0 Å². The predicted molar refractivity (Wildman–Crippen MR) is 87.6 cm³/mol. The zero-order chi connectivity index (χ0) is 16.2. The van der Waals surface area contributed by atoms with Crippen molar-refractivity contribution in [3.8, 4) is 11.1 Å². The molecule has 7 heteroatoms. The number of carbonyl (C=O) groups excluding carboxylic acids is 1. The van der Waals surface area contributed by atoms with Crippen LogP contribution in [0, 0.1) is 0 Å². The lowest BCUT2D eigenvalue weighted by molar-refractivity contribution is -0.143. The first-order valence-corrected chi connectivity index (χ1v) is 7.60. The van der Waals surface area contributed by atoms with Crippen LogP contribution >= 0.6 is 0 Å². The lowest BCUT2D eigenvalue weighted by Gasteiger charge is -2.03. The minimum atomic E-state index is -0.183. The zero-order valence-electron chi connectivity index (χ0n) is 13.0. The average molecular weight is 313 g/mol. The van der Waals surface area contributed by atoms with E-state index in [4.69, 9.17) is 10.5 Å². The number of carbonyl (C=O) groups is 1. The van der Waals surface area contributed by atoms with Crippen LogP contribution < -0.4 is 5.73 Å². The van der Waals surface area contributed by atoms with Crippen molar-refractivity contribution in [2.75, 3.05) is 12.3 Å². The molecule has 0 fully saturated rings. The average Bonchev–Trinajstić information content (AvgIpc) is 3.17. The van der Waals surface area contributed by atoms with Gasteiger partial charge in [0, 0.05) is 48.9 Å². The second kappa shape index (κ2) is 6.51. The zero-order valence-corrected chi connectivity index (χ0v) is 13.0. The molecule has 0 aliphatic heterocycles. The third-order valence-corrected chi connectivity index (χ3v) is 3.62. The van der Waals surface area contributed by atoms with Gasteiger partial charge in [-0.1, -0.05) is 6.92 Å². The van der Waals surface area contributed by atoms with E-state index in [1.54, 1.807) is 17.8 Å². The fourth-order valence-corrected chi connectivity index (χ4v) is 2.47. The normalized spacial score (nSPS) is 11.0. The summed E-state index contributed by atoms with van der Waals surface area (Å²) in [5.41, 5.74) is 8.75. The van der Waals surface area contributed by atoms with Crippen LogP contribution in [0.1, 0.15) is 19.8 Å². The summed E-state index contributed by atoms with van der Waals surface area (Å²) in [6.45, 7) is 2.81. The highest BCUT2D eigenvalue weighted by Crippen LogP contribution is 2.30. The summed E-state index contributed by atoms with van der Waals surface area (Å²) in [6, 6.07) is 3.90. The smallest absolute Gasteiger partial charge is 0.305 e. The summed E-state index contributed by atoms with van der Waals surface area (Å²) < 4.78 is 6.84. The summed E-state index contributed by atoms with van der Waals surface area (Å²) in [5, 5.41) is 5.35. The van der Waals surface area contributed by atoms with Crippen LogP contribution in [-0.4, -0.2) is 32.3 Å². The lowest BCUT2D eigenvalue weighted by atomic mass is 10.1. The Morgan fingerprint density at radius 2 is 2.26 bits per heavy atom. The number of pyridine rings is 1. The van der Waals surface area contributed by atoms with Crippen molar-refractivity contribution in [3.63, 3.8) is 0 Å². The van der Waals surface area contributed by atoms with Crippen molar-refractivity contribution in [2.24, 2.45) is 0 Å². The molecule has 0 saturated carbocycles. The molecule has 23 heavy (non-hydrogen) atoms. The van der Waals surface area contributed by atoms with Crippen molar-refractivity contribution in [1.29, 1.82) is 0 Å². The number of anilines is 1. The number of hydrogen-bond donors (Lipinski definition) is 2. The molecule has 3 aromatic rings. The molecule has 3 heterocycles. The molecule has 0 amide bonds. The van der Waals surface area contributed by atoms with Gasteiger partial charge in [-0.15, -0.1) is 0 Å². The Kier molecular flexibility index (Phi) is 4.27. The second-order valence-electron chi connectivity index (χ2n) is 5.22. The maximum absolute atomic E-state index is 11.1. The molecular weight excluding hydrogens is 294 g/mol. The molecule has 0 aliphatic carbocycles. The van der Waals surface area contributed by atoms with Crippen LogP contribution in [0.15, 0.2) is 30.7 Å². The fraction of sp³-hybridized carbons (Fsp3) is 0.312. The number of nitrogens with zero attached hydrogens (tertiary/aromatic N) is 3. The maximum Gasteiger partial charge on any atom is 0.305 e. The highest BCUT2D eigenvalue weighted by atomic mass is 16.5. The van der Waals surface area contributed by atoms with Gasteiger partial charge in [-0.3, -0.25) is 9.48 Å². The van der Waals surface area contributed by atoms with E-state index >= 15 is 0 Å². The van der Waals surface area contributed by atoms with E-state index in [1.807, 2.05) is 24.5 Å². The van der Waals surface area contributed by atoms with Crippen molar-refractivity contribution in [1.82, 2.24) is 19.7 Å². The van der Waals surface area contributed by atoms with Gasteiger partial charge >= 0.3 is 5.97 Å². The molecule has 0 saturated heterocycles. The standard InChI is InChI=1S/C16H19N5O2/c1-2-14(22)23-9-3-8-21-10-13(15(17)20-21)11-4-6-18-16-12(11)5-7-19-16/h4-7,10H,2-3,8-9H2,1H3,(H2,17,20)(H,18,19). The third-order valence-electron chi connectivity index (χ3n) is 3.62. The van der Waals surface area contributed by atoms with Gasteiger partial charge < -0.3 is 15.5 Å². The number of aromatic nitrogens is 4. The monoisotopic (exact) mass is 313 g/mol. The van der Waals surface area contributed by atoms with Gasteiger partial charge in [-0.05, 0) is 17.7 Å². The van der Waals surface area contributed by atoms with Crippen LogP contribution in [0.3, 0.4) is 0 Å². The summed E-state index contributed by atoms with van der Waals surface area (Å²) in [5.74, 6) is 0.293. The highest BCUT2D eigenvalue weighted by Gasteiger charge is 2.12. The van der Waals surface area contributed by atoms with Gasteiger partial charge in [0.2, 0.25) is 0 Å². The summed E-state index contributed by atoms with van der Waals surface area (Å²) in [4.78, 5) is 18.5. The van der Waals surface area contributed by atoms with Gasteiger partial charge in [0.15, 0.2) is 5.82 Å².